The van der Waals surface area contributed by atoms with Crippen molar-refractivity contribution in [2.24, 2.45) is 5.92 Å². The second-order valence-corrected chi connectivity index (χ2v) is 4.22. The quantitative estimate of drug-likeness (QED) is 0.714. The Morgan fingerprint density at radius 2 is 2.14 bits per heavy atom. The Morgan fingerprint density at radius 1 is 1.50 bits per heavy atom. The first-order valence-electron chi connectivity index (χ1n) is 5.75. The minimum Gasteiger partial charge on any atom is -0.353 e. The van der Waals surface area contributed by atoms with Gasteiger partial charge in [-0.05, 0) is 32.4 Å². The third-order valence-corrected chi connectivity index (χ3v) is 2.85. The molecule has 0 radical (unpaired) electrons. The monoisotopic (exact) mass is 198 g/mol. The van der Waals surface area contributed by atoms with Crippen molar-refractivity contribution in [3.05, 3.63) is 0 Å². The molecule has 1 aliphatic rings. The lowest BCUT2D eigenvalue weighted by Crippen LogP contribution is -2.44. The average Bonchev–Trinajstić information content (AvgIpc) is 2.19. The Balaban J connectivity index is 2.24. The van der Waals surface area contributed by atoms with Crippen LogP contribution < -0.4 is 10.6 Å². The highest BCUT2D eigenvalue weighted by Gasteiger charge is 2.18. The molecule has 1 atom stereocenters. The van der Waals surface area contributed by atoms with Gasteiger partial charge in [0.05, 0.1) is 0 Å². The Bertz CT molecular complexity index is 176. The predicted molar refractivity (Wildman–Crippen MR) is 58.1 cm³/mol. The number of nitrogens with one attached hydrogen (secondary N) is 2. The van der Waals surface area contributed by atoms with Gasteiger partial charge < -0.3 is 10.6 Å². The minimum absolute atomic E-state index is 0.176. The zero-order valence-corrected chi connectivity index (χ0v) is 9.31. The summed E-state index contributed by atoms with van der Waals surface area (Å²) in [6.07, 6.45) is 4.23. The van der Waals surface area contributed by atoms with Crippen LogP contribution in [0.1, 0.15) is 39.5 Å². The van der Waals surface area contributed by atoms with Gasteiger partial charge in [-0.2, -0.15) is 0 Å². The van der Waals surface area contributed by atoms with Gasteiger partial charge in [-0.1, -0.05) is 20.3 Å². The lowest BCUT2D eigenvalue weighted by atomic mass is 10.0. The fourth-order valence-corrected chi connectivity index (χ4v) is 1.87. The normalized spacial score (nSPS) is 20.4. The van der Waals surface area contributed by atoms with Gasteiger partial charge in [-0.3, -0.25) is 4.79 Å². The fraction of sp³-hybridized carbons (Fsp3) is 0.909. The van der Waals surface area contributed by atoms with Crippen LogP contribution in [0.2, 0.25) is 0 Å². The second kappa shape index (κ2) is 6.02. The molecule has 3 nitrogen and oxygen atoms in total. The first kappa shape index (κ1) is 11.5. The van der Waals surface area contributed by atoms with Crippen LogP contribution in [0, 0.1) is 5.92 Å². The predicted octanol–water partition coefficient (Wildman–Crippen LogP) is 1.29. The van der Waals surface area contributed by atoms with E-state index in [-0.39, 0.29) is 11.8 Å². The maximum absolute atomic E-state index is 11.7. The van der Waals surface area contributed by atoms with Crippen LogP contribution >= 0.6 is 0 Å². The molecule has 1 heterocycles. The Labute approximate surface area is 86.6 Å². The summed E-state index contributed by atoms with van der Waals surface area (Å²) in [6, 6.07) is 0.406. The van der Waals surface area contributed by atoms with Gasteiger partial charge in [0, 0.05) is 12.0 Å². The van der Waals surface area contributed by atoms with Crippen LogP contribution in [0.25, 0.3) is 0 Å². The van der Waals surface area contributed by atoms with E-state index in [1.807, 2.05) is 6.92 Å². The van der Waals surface area contributed by atoms with E-state index in [2.05, 4.69) is 17.6 Å². The van der Waals surface area contributed by atoms with Crippen LogP contribution in [0.3, 0.4) is 0 Å². The van der Waals surface area contributed by atoms with Gasteiger partial charge in [-0.25, -0.2) is 0 Å². The van der Waals surface area contributed by atoms with Gasteiger partial charge in [0.1, 0.15) is 0 Å². The molecule has 0 spiro atoms. The largest absolute Gasteiger partial charge is 0.353 e. The molecule has 1 rings (SSSR count). The Hall–Kier alpha value is -0.570. The summed E-state index contributed by atoms with van der Waals surface area (Å²) in [4.78, 5) is 11.7. The molecule has 0 aromatic heterocycles. The van der Waals surface area contributed by atoms with Crippen molar-refractivity contribution in [1.82, 2.24) is 10.6 Å². The van der Waals surface area contributed by atoms with Crippen molar-refractivity contribution in [3.8, 4) is 0 Å². The summed E-state index contributed by atoms with van der Waals surface area (Å²) in [7, 11) is 0. The fourth-order valence-electron chi connectivity index (χ4n) is 1.87. The highest BCUT2D eigenvalue weighted by atomic mass is 16.1. The molecule has 0 bridgehead atoms. The average molecular weight is 198 g/mol. The molecule has 0 aromatic rings. The van der Waals surface area contributed by atoms with Crippen molar-refractivity contribution in [1.29, 1.82) is 0 Å². The van der Waals surface area contributed by atoms with E-state index in [1.165, 1.54) is 0 Å². The highest BCUT2D eigenvalue weighted by Crippen LogP contribution is 2.08. The van der Waals surface area contributed by atoms with Crippen LogP contribution in [0.5, 0.6) is 0 Å². The summed E-state index contributed by atoms with van der Waals surface area (Å²) in [5, 5.41) is 6.42. The zero-order chi connectivity index (χ0) is 10.4. The number of amides is 1. The van der Waals surface area contributed by atoms with Crippen molar-refractivity contribution < 1.29 is 4.79 Å². The van der Waals surface area contributed by atoms with Crippen molar-refractivity contribution >= 4 is 5.91 Å². The van der Waals surface area contributed by atoms with Gasteiger partial charge in [-0.15, -0.1) is 0 Å². The van der Waals surface area contributed by atoms with Gasteiger partial charge >= 0.3 is 0 Å². The molecule has 0 aliphatic carbocycles. The molecular formula is C11H22N2O. The molecule has 3 heteroatoms. The number of hydrogen-bond donors (Lipinski definition) is 2. The van der Waals surface area contributed by atoms with Crippen LogP contribution in [0.4, 0.5) is 0 Å². The SMILES string of the molecule is CCCC(C)C(=O)NC1CCNCC1. The Kier molecular flexibility index (Phi) is 4.94. The number of piperidine rings is 1. The van der Waals surface area contributed by atoms with E-state index >= 15 is 0 Å². The summed E-state index contributed by atoms with van der Waals surface area (Å²) >= 11 is 0. The topological polar surface area (TPSA) is 41.1 Å². The number of carbonyl (C=O) groups is 1. The maximum atomic E-state index is 11.7. The molecule has 0 saturated carbocycles. The molecule has 82 valence electrons. The molecule has 1 amide bonds. The van der Waals surface area contributed by atoms with E-state index in [0.717, 1.165) is 38.8 Å². The highest BCUT2D eigenvalue weighted by molar-refractivity contribution is 5.78. The van der Waals surface area contributed by atoms with Gasteiger partial charge in [0.15, 0.2) is 0 Å². The smallest absolute Gasteiger partial charge is 0.223 e. The maximum Gasteiger partial charge on any atom is 0.223 e. The zero-order valence-electron chi connectivity index (χ0n) is 9.31. The molecule has 1 aliphatic heterocycles. The minimum atomic E-state index is 0.176. The van der Waals surface area contributed by atoms with Crippen molar-refractivity contribution in [2.45, 2.75) is 45.6 Å². The van der Waals surface area contributed by atoms with Gasteiger partial charge in [0.2, 0.25) is 5.91 Å². The van der Waals surface area contributed by atoms with Crippen LogP contribution in [-0.4, -0.2) is 25.0 Å². The second-order valence-electron chi connectivity index (χ2n) is 4.22. The van der Waals surface area contributed by atoms with E-state index in [1.54, 1.807) is 0 Å². The van der Waals surface area contributed by atoms with E-state index < -0.39 is 0 Å². The van der Waals surface area contributed by atoms with Gasteiger partial charge in [0.25, 0.3) is 0 Å². The van der Waals surface area contributed by atoms with Crippen molar-refractivity contribution in [3.63, 3.8) is 0 Å². The molecule has 14 heavy (non-hydrogen) atoms. The number of rotatable bonds is 4. The summed E-state index contributed by atoms with van der Waals surface area (Å²) < 4.78 is 0. The van der Waals surface area contributed by atoms with E-state index in [0.29, 0.717) is 6.04 Å². The lowest BCUT2D eigenvalue weighted by molar-refractivity contribution is -0.125. The third kappa shape index (κ3) is 3.66. The molecule has 2 N–H and O–H groups in total. The standard InChI is InChI=1S/C11H22N2O/c1-3-4-9(2)11(14)13-10-5-7-12-8-6-10/h9-10,12H,3-8H2,1-2H3,(H,13,14). The van der Waals surface area contributed by atoms with E-state index in [9.17, 15) is 4.79 Å². The molecular weight excluding hydrogens is 176 g/mol. The molecule has 0 aromatic carbocycles. The summed E-state index contributed by atoms with van der Waals surface area (Å²) in [5.74, 6) is 0.411. The molecule has 1 saturated heterocycles. The van der Waals surface area contributed by atoms with Crippen molar-refractivity contribution in [2.75, 3.05) is 13.1 Å². The first-order valence-corrected chi connectivity index (χ1v) is 5.75. The number of hydrogen-bond acceptors (Lipinski definition) is 2. The summed E-state index contributed by atoms with van der Waals surface area (Å²) in [5.41, 5.74) is 0. The lowest BCUT2D eigenvalue weighted by Gasteiger charge is -2.25. The third-order valence-electron chi connectivity index (χ3n) is 2.85. The molecule has 1 unspecified atom stereocenters. The van der Waals surface area contributed by atoms with Crippen LogP contribution in [0.15, 0.2) is 0 Å². The molecule has 1 fully saturated rings. The van der Waals surface area contributed by atoms with Crippen LogP contribution in [-0.2, 0) is 4.79 Å². The summed E-state index contributed by atoms with van der Waals surface area (Å²) in [6.45, 7) is 6.20. The Morgan fingerprint density at radius 3 is 2.71 bits per heavy atom. The number of carbonyl (C=O) groups excluding carboxylic acids is 1. The van der Waals surface area contributed by atoms with E-state index in [4.69, 9.17) is 0 Å². The first-order chi connectivity index (χ1) is 6.74.